The van der Waals surface area contributed by atoms with Gasteiger partial charge in [0.15, 0.2) is 11.5 Å². The van der Waals surface area contributed by atoms with Crippen molar-refractivity contribution in [1.29, 1.82) is 0 Å². The van der Waals surface area contributed by atoms with Gasteiger partial charge < -0.3 is 19.6 Å². The first-order valence-electron chi connectivity index (χ1n) is 9.21. The van der Waals surface area contributed by atoms with Crippen LogP contribution >= 0.6 is 15.9 Å². The van der Waals surface area contributed by atoms with E-state index >= 15 is 0 Å². The van der Waals surface area contributed by atoms with Crippen molar-refractivity contribution in [2.24, 2.45) is 0 Å². The molecule has 2 N–H and O–H groups in total. The SMILES string of the molecule is O=c1[nH]c2cc3c(cc2cc1CN(CCCO)S(=O)(=O)c1ccccc1Br)OCO3. The predicted molar refractivity (Wildman–Crippen MR) is 114 cm³/mol. The van der Waals surface area contributed by atoms with Crippen LogP contribution in [0.4, 0.5) is 0 Å². The summed E-state index contributed by atoms with van der Waals surface area (Å²) in [5, 5.41) is 9.94. The highest BCUT2D eigenvalue weighted by Crippen LogP contribution is 2.35. The van der Waals surface area contributed by atoms with Crippen molar-refractivity contribution < 1.29 is 23.0 Å². The molecular formula is C20H19BrN2O6S. The van der Waals surface area contributed by atoms with Gasteiger partial charge in [0, 0.05) is 41.2 Å². The van der Waals surface area contributed by atoms with E-state index in [-0.39, 0.29) is 43.4 Å². The van der Waals surface area contributed by atoms with Crippen LogP contribution in [0.3, 0.4) is 0 Å². The molecule has 0 fully saturated rings. The molecule has 4 rings (SSSR count). The molecule has 0 unspecified atom stereocenters. The fourth-order valence-electron chi connectivity index (χ4n) is 3.27. The minimum atomic E-state index is -3.90. The number of rotatable bonds is 7. The lowest BCUT2D eigenvalue weighted by Crippen LogP contribution is -2.34. The Morgan fingerprint density at radius 1 is 1.13 bits per heavy atom. The molecule has 0 aliphatic carbocycles. The standard InChI is InChI=1S/C20H19BrN2O6S/c21-15-4-1-2-5-19(15)30(26,27)23(6-3-7-24)11-14-8-13-9-17-18(29-12-28-17)10-16(13)22-20(14)25/h1-2,4-5,8-10,24H,3,6-7,11-12H2,(H,22,25). The predicted octanol–water partition coefficient (Wildman–Crippen LogP) is 2.59. The van der Waals surface area contributed by atoms with Crippen molar-refractivity contribution in [2.75, 3.05) is 19.9 Å². The number of sulfonamides is 1. The largest absolute Gasteiger partial charge is 0.454 e. The quantitative estimate of drug-likeness (QED) is 0.522. The number of fused-ring (bicyclic) bond motifs is 2. The third-order valence-corrected chi connectivity index (χ3v) is 7.64. The molecular weight excluding hydrogens is 476 g/mol. The number of hydrogen-bond donors (Lipinski definition) is 2. The van der Waals surface area contributed by atoms with Gasteiger partial charge in [0.05, 0.1) is 10.4 Å². The topological polar surface area (TPSA) is 109 Å². The number of aliphatic hydroxyl groups is 1. The molecule has 3 aromatic rings. The average Bonchev–Trinajstić information content (AvgIpc) is 3.17. The fourth-order valence-corrected chi connectivity index (χ4v) is 5.69. The van der Waals surface area contributed by atoms with Crippen LogP contribution in [0.2, 0.25) is 0 Å². The van der Waals surface area contributed by atoms with Crippen LogP contribution in [0.15, 0.2) is 56.6 Å². The second-order valence-electron chi connectivity index (χ2n) is 6.76. The van der Waals surface area contributed by atoms with Crippen molar-refractivity contribution in [2.45, 2.75) is 17.9 Å². The zero-order chi connectivity index (χ0) is 21.3. The van der Waals surface area contributed by atoms with Crippen molar-refractivity contribution >= 4 is 36.9 Å². The van der Waals surface area contributed by atoms with E-state index in [1.54, 1.807) is 36.4 Å². The van der Waals surface area contributed by atoms with E-state index in [4.69, 9.17) is 9.47 Å². The van der Waals surface area contributed by atoms with Crippen LogP contribution in [0.1, 0.15) is 12.0 Å². The lowest BCUT2D eigenvalue weighted by Gasteiger charge is -2.22. The molecule has 1 aromatic heterocycles. The summed E-state index contributed by atoms with van der Waals surface area (Å²) < 4.78 is 38.9. The molecule has 0 radical (unpaired) electrons. The van der Waals surface area contributed by atoms with Gasteiger partial charge in [0.2, 0.25) is 16.8 Å². The number of hydrogen-bond acceptors (Lipinski definition) is 6. The molecule has 0 atom stereocenters. The number of aromatic nitrogens is 1. The Morgan fingerprint density at radius 2 is 1.87 bits per heavy atom. The Hall–Kier alpha value is -2.40. The highest BCUT2D eigenvalue weighted by molar-refractivity contribution is 9.10. The summed E-state index contributed by atoms with van der Waals surface area (Å²) >= 11 is 3.28. The Kier molecular flexibility index (Phi) is 5.83. The number of benzene rings is 2. The number of aromatic amines is 1. The number of nitrogens with zero attached hydrogens (tertiary/aromatic N) is 1. The van der Waals surface area contributed by atoms with Crippen molar-refractivity contribution in [1.82, 2.24) is 9.29 Å². The average molecular weight is 495 g/mol. The summed E-state index contributed by atoms with van der Waals surface area (Å²) in [5.41, 5.74) is 0.469. The molecule has 10 heteroatoms. The zero-order valence-corrected chi connectivity index (χ0v) is 18.2. The molecule has 0 saturated carbocycles. The molecule has 2 aromatic carbocycles. The van der Waals surface area contributed by atoms with Crippen LogP contribution in [-0.4, -0.2) is 42.8 Å². The first-order chi connectivity index (χ1) is 14.4. The van der Waals surface area contributed by atoms with E-state index in [9.17, 15) is 18.3 Å². The number of ether oxygens (including phenoxy) is 2. The first kappa shape index (κ1) is 20.9. The number of nitrogens with one attached hydrogen (secondary N) is 1. The summed E-state index contributed by atoms with van der Waals surface area (Å²) in [5.74, 6) is 1.12. The molecule has 0 saturated heterocycles. The maximum atomic E-state index is 13.3. The fraction of sp³-hybridized carbons (Fsp3) is 0.250. The maximum absolute atomic E-state index is 13.3. The summed E-state index contributed by atoms with van der Waals surface area (Å²) in [6, 6.07) is 11.6. The van der Waals surface area contributed by atoms with E-state index in [0.29, 0.717) is 26.9 Å². The maximum Gasteiger partial charge on any atom is 0.252 e. The van der Waals surface area contributed by atoms with Crippen LogP contribution in [0, 0.1) is 0 Å². The summed E-state index contributed by atoms with van der Waals surface area (Å²) in [6.07, 6.45) is 0.244. The highest BCUT2D eigenvalue weighted by atomic mass is 79.9. The highest BCUT2D eigenvalue weighted by Gasteiger charge is 2.27. The Morgan fingerprint density at radius 3 is 2.60 bits per heavy atom. The second kappa shape index (κ2) is 8.38. The minimum absolute atomic E-state index is 0.0682. The summed E-state index contributed by atoms with van der Waals surface area (Å²) in [4.78, 5) is 15.5. The Bertz CT molecular complexity index is 1260. The van der Waals surface area contributed by atoms with Gasteiger partial charge in [0.25, 0.3) is 5.56 Å². The molecule has 1 aliphatic heterocycles. The van der Waals surface area contributed by atoms with Gasteiger partial charge in [-0.25, -0.2) is 8.42 Å². The van der Waals surface area contributed by atoms with Crippen LogP contribution < -0.4 is 15.0 Å². The molecule has 0 bridgehead atoms. The third-order valence-electron chi connectivity index (χ3n) is 4.78. The summed E-state index contributed by atoms with van der Waals surface area (Å²) in [7, 11) is -3.90. The third kappa shape index (κ3) is 3.95. The van der Waals surface area contributed by atoms with Gasteiger partial charge in [-0.2, -0.15) is 4.31 Å². The van der Waals surface area contributed by atoms with E-state index < -0.39 is 15.6 Å². The smallest absolute Gasteiger partial charge is 0.252 e. The normalized spacial score (nSPS) is 13.3. The molecule has 1 aliphatic rings. The van der Waals surface area contributed by atoms with Gasteiger partial charge >= 0.3 is 0 Å². The van der Waals surface area contributed by atoms with Crippen LogP contribution in [0.25, 0.3) is 10.9 Å². The lowest BCUT2D eigenvalue weighted by molar-refractivity contribution is 0.174. The van der Waals surface area contributed by atoms with E-state index in [1.807, 2.05) is 0 Å². The van der Waals surface area contributed by atoms with Crippen LogP contribution in [-0.2, 0) is 16.6 Å². The van der Waals surface area contributed by atoms with E-state index in [2.05, 4.69) is 20.9 Å². The van der Waals surface area contributed by atoms with Crippen molar-refractivity contribution in [3.8, 4) is 11.5 Å². The first-order valence-corrected chi connectivity index (χ1v) is 11.4. The minimum Gasteiger partial charge on any atom is -0.454 e. The van der Waals surface area contributed by atoms with Gasteiger partial charge in [-0.3, -0.25) is 4.79 Å². The number of halogens is 1. The van der Waals surface area contributed by atoms with Gasteiger partial charge in [-0.05, 0) is 46.6 Å². The van der Waals surface area contributed by atoms with Crippen molar-refractivity contribution in [3.63, 3.8) is 0 Å². The Balaban J connectivity index is 1.74. The Labute approximate surface area is 181 Å². The monoisotopic (exact) mass is 494 g/mol. The van der Waals surface area contributed by atoms with E-state index in [0.717, 1.165) is 0 Å². The van der Waals surface area contributed by atoms with E-state index in [1.165, 1.54) is 10.4 Å². The van der Waals surface area contributed by atoms with Gasteiger partial charge in [0.1, 0.15) is 0 Å². The van der Waals surface area contributed by atoms with Gasteiger partial charge in [-0.1, -0.05) is 12.1 Å². The zero-order valence-electron chi connectivity index (χ0n) is 15.8. The number of pyridine rings is 1. The molecule has 0 amide bonds. The second-order valence-corrected chi connectivity index (χ2v) is 9.52. The van der Waals surface area contributed by atoms with Gasteiger partial charge in [-0.15, -0.1) is 0 Å². The molecule has 8 nitrogen and oxygen atoms in total. The molecule has 30 heavy (non-hydrogen) atoms. The summed E-state index contributed by atoms with van der Waals surface area (Å²) in [6.45, 7) is -0.121. The molecule has 0 spiro atoms. The number of H-pyrrole nitrogens is 1. The molecule has 2 heterocycles. The lowest BCUT2D eigenvalue weighted by atomic mass is 10.1. The van der Waals surface area contributed by atoms with Crippen molar-refractivity contribution in [3.05, 3.63) is 62.9 Å². The van der Waals surface area contributed by atoms with Crippen LogP contribution in [0.5, 0.6) is 11.5 Å². The number of aliphatic hydroxyl groups excluding tert-OH is 1. The molecule has 158 valence electrons.